The number of benzene rings is 1. The highest BCUT2D eigenvalue weighted by molar-refractivity contribution is 5.56. The van der Waals surface area contributed by atoms with Gasteiger partial charge in [0, 0.05) is 5.56 Å². The Kier molecular flexibility index (Phi) is 4.28. The molecule has 1 rings (SSSR count). The fraction of sp³-hybridized carbons (Fsp3) is 0.455. The zero-order valence-corrected chi connectivity index (χ0v) is 10.0. The summed E-state index contributed by atoms with van der Waals surface area (Å²) in [5.74, 6) is 0.00921. The average Bonchev–Trinajstić information content (AvgIpc) is 2.34. The zero-order chi connectivity index (χ0) is 13.9. The summed E-state index contributed by atoms with van der Waals surface area (Å²) in [6, 6.07) is 2.35. The summed E-state index contributed by atoms with van der Waals surface area (Å²) < 4.78 is 52.2. The van der Waals surface area contributed by atoms with Crippen LogP contribution in [0.2, 0.25) is 0 Å². The summed E-state index contributed by atoms with van der Waals surface area (Å²) in [4.78, 5) is 0. The summed E-state index contributed by atoms with van der Waals surface area (Å²) in [5.41, 5.74) is -0.428. The first-order chi connectivity index (χ1) is 8.36. The molecule has 0 radical (unpaired) electrons. The van der Waals surface area contributed by atoms with Gasteiger partial charge in [-0.25, -0.2) is 0 Å². The Hall–Kier alpha value is -1.63. The van der Waals surface area contributed by atoms with Crippen molar-refractivity contribution in [3.05, 3.63) is 17.7 Å². The highest BCUT2D eigenvalue weighted by Gasteiger charge is 2.41. The zero-order valence-electron chi connectivity index (χ0n) is 10.0. The Morgan fingerprint density at radius 3 is 1.94 bits per heavy atom. The molecule has 7 heteroatoms. The predicted octanol–water partition coefficient (Wildman–Crippen LogP) is 2.31. The van der Waals surface area contributed by atoms with Crippen LogP contribution in [0.4, 0.5) is 13.2 Å². The third kappa shape index (κ3) is 2.61. The summed E-state index contributed by atoms with van der Waals surface area (Å²) in [6.07, 6.45) is -7.43. The molecule has 0 aliphatic carbocycles. The smallest absolute Gasteiger partial charge is 0.418 e. The van der Waals surface area contributed by atoms with E-state index in [0.29, 0.717) is 0 Å². The van der Waals surface area contributed by atoms with Gasteiger partial charge >= 0.3 is 6.18 Å². The van der Waals surface area contributed by atoms with Crippen LogP contribution in [0, 0.1) is 0 Å². The first-order valence-electron chi connectivity index (χ1n) is 4.90. The minimum atomic E-state index is -4.78. The van der Waals surface area contributed by atoms with Crippen LogP contribution in [-0.4, -0.2) is 32.6 Å². The lowest BCUT2D eigenvalue weighted by atomic mass is 10.1. The lowest BCUT2D eigenvalue weighted by Gasteiger charge is -2.20. The molecule has 0 unspecified atom stereocenters. The van der Waals surface area contributed by atoms with Crippen molar-refractivity contribution in [3.8, 4) is 17.2 Å². The van der Waals surface area contributed by atoms with Crippen LogP contribution >= 0.6 is 0 Å². The monoisotopic (exact) mass is 266 g/mol. The van der Waals surface area contributed by atoms with Gasteiger partial charge in [0.1, 0.15) is 0 Å². The van der Waals surface area contributed by atoms with E-state index in [4.69, 9.17) is 14.2 Å². The Labute approximate surface area is 102 Å². The molecule has 0 aromatic heterocycles. The summed E-state index contributed by atoms with van der Waals surface area (Å²) in [5, 5.41) is 9.25. The molecule has 4 nitrogen and oxygen atoms in total. The van der Waals surface area contributed by atoms with Crippen molar-refractivity contribution in [2.45, 2.75) is 12.3 Å². The third-order valence-electron chi connectivity index (χ3n) is 2.34. The summed E-state index contributed by atoms with van der Waals surface area (Å²) >= 11 is 0. The Morgan fingerprint density at radius 2 is 1.56 bits per heavy atom. The van der Waals surface area contributed by atoms with E-state index in [1.54, 1.807) is 0 Å². The second kappa shape index (κ2) is 5.34. The number of rotatable bonds is 4. The van der Waals surface area contributed by atoms with Gasteiger partial charge in [-0.05, 0) is 12.1 Å². The van der Waals surface area contributed by atoms with Crippen LogP contribution < -0.4 is 14.2 Å². The maximum absolute atomic E-state index is 12.5. The van der Waals surface area contributed by atoms with Crippen LogP contribution in [0.3, 0.4) is 0 Å². The van der Waals surface area contributed by atoms with Gasteiger partial charge in [0.05, 0.1) is 21.3 Å². The molecule has 0 aliphatic heterocycles. The molecule has 18 heavy (non-hydrogen) atoms. The molecule has 1 atom stereocenters. The molecule has 102 valence electrons. The van der Waals surface area contributed by atoms with Crippen LogP contribution in [0.5, 0.6) is 17.2 Å². The van der Waals surface area contributed by atoms with Crippen molar-refractivity contribution < 1.29 is 32.5 Å². The van der Waals surface area contributed by atoms with Gasteiger partial charge in [-0.2, -0.15) is 13.2 Å². The van der Waals surface area contributed by atoms with Crippen LogP contribution in [0.1, 0.15) is 11.7 Å². The maximum Gasteiger partial charge on any atom is 0.418 e. The molecular weight excluding hydrogens is 253 g/mol. The number of ether oxygens (including phenoxy) is 3. The van der Waals surface area contributed by atoms with Crippen LogP contribution in [0.15, 0.2) is 12.1 Å². The molecule has 0 spiro atoms. The molecule has 0 fully saturated rings. The number of aliphatic hydroxyl groups is 1. The van der Waals surface area contributed by atoms with Crippen molar-refractivity contribution in [2.24, 2.45) is 0 Å². The second-order valence-electron chi connectivity index (χ2n) is 3.37. The number of hydrogen-bond donors (Lipinski definition) is 1. The van der Waals surface area contributed by atoms with Gasteiger partial charge in [-0.3, -0.25) is 0 Å². The van der Waals surface area contributed by atoms with Gasteiger partial charge in [-0.1, -0.05) is 0 Å². The maximum atomic E-state index is 12.5. The predicted molar refractivity (Wildman–Crippen MR) is 57.1 cm³/mol. The van der Waals surface area contributed by atoms with Gasteiger partial charge in [0.2, 0.25) is 5.75 Å². The highest BCUT2D eigenvalue weighted by Crippen LogP contribution is 2.45. The second-order valence-corrected chi connectivity index (χ2v) is 3.37. The molecule has 0 bridgehead atoms. The normalized spacial score (nSPS) is 13.1. The van der Waals surface area contributed by atoms with E-state index in [1.165, 1.54) is 27.4 Å². The SMILES string of the molecule is COc1ccc([C@@H](O)C(F)(F)F)c(OC)c1OC. The van der Waals surface area contributed by atoms with Gasteiger partial charge < -0.3 is 19.3 Å². The Morgan fingerprint density at radius 1 is 1.00 bits per heavy atom. The third-order valence-corrected chi connectivity index (χ3v) is 2.34. The minimum Gasteiger partial charge on any atom is -0.493 e. The van der Waals surface area contributed by atoms with E-state index in [-0.39, 0.29) is 17.2 Å². The molecule has 1 N–H and O–H groups in total. The lowest BCUT2D eigenvalue weighted by Crippen LogP contribution is -2.21. The van der Waals surface area contributed by atoms with Crippen LogP contribution in [0.25, 0.3) is 0 Å². The molecule has 0 amide bonds. The lowest BCUT2D eigenvalue weighted by molar-refractivity contribution is -0.207. The number of methoxy groups -OCH3 is 3. The minimum absolute atomic E-state index is 0.000741. The fourth-order valence-electron chi connectivity index (χ4n) is 1.52. The van der Waals surface area contributed by atoms with Crippen molar-refractivity contribution in [1.82, 2.24) is 0 Å². The first kappa shape index (κ1) is 14.4. The quantitative estimate of drug-likeness (QED) is 0.908. The molecule has 1 aromatic carbocycles. The fourth-order valence-corrected chi connectivity index (χ4v) is 1.52. The number of hydrogen-bond acceptors (Lipinski definition) is 4. The van der Waals surface area contributed by atoms with Crippen molar-refractivity contribution >= 4 is 0 Å². The molecule has 1 aromatic rings. The van der Waals surface area contributed by atoms with E-state index >= 15 is 0 Å². The molecule has 0 saturated carbocycles. The topological polar surface area (TPSA) is 47.9 Å². The molecule has 0 saturated heterocycles. The van der Waals surface area contributed by atoms with E-state index < -0.39 is 17.8 Å². The van der Waals surface area contributed by atoms with Crippen molar-refractivity contribution in [2.75, 3.05) is 21.3 Å². The number of alkyl halides is 3. The Bertz CT molecular complexity index is 417. The van der Waals surface area contributed by atoms with E-state index in [2.05, 4.69) is 0 Å². The average molecular weight is 266 g/mol. The van der Waals surface area contributed by atoms with E-state index in [1.807, 2.05) is 0 Å². The first-order valence-corrected chi connectivity index (χ1v) is 4.90. The van der Waals surface area contributed by atoms with E-state index in [9.17, 15) is 18.3 Å². The molecule has 0 aliphatic rings. The van der Waals surface area contributed by atoms with Crippen LogP contribution in [-0.2, 0) is 0 Å². The Balaban J connectivity index is 3.38. The van der Waals surface area contributed by atoms with Gasteiger partial charge in [0.15, 0.2) is 17.6 Å². The van der Waals surface area contributed by atoms with Crippen molar-refractivity contribution in [3.63, 3.8) is 0 Å². The standard InChI is InChI=1S/C11H13F3O4/c1-16-7-5-4-6(10(15)11(12,13)14)8(17-2)9(7)18-3/h4-5,10,15H,1-3H3/t10-/m1/s1. The highest BCUT2D eigenvalue weighted by atomic mass is 19.4. The van der Waals surface area contributed by atoms with Gasteiger partial charge in [-0.15, -0.1) is 0 Å². The molecular formula is C11H13F3O4. The van der Waals surface area contributed by atoms with Gasteiger partial charge in [0.25, 0.3) is 0 Å². The summed E-state index contributed by atoms with van der Waals surface area (Å²) in [7, 11) is 3.80. The number of aliphatic hydroxyl groups excluding tert-OH is 1. The van der Waals surface area contributed by atoms with Crippen molar-refractivity contribution in [1.29, 1.82) is 0 Å². The molecule has 0 heterocycles. The largest absolute Gasteiger partial charge is 0.493 e. The summed E-state index contributed by atoms with van der Waals surface area (Å²) in [6.45, 7) is 0. The number of halogens is 3. The van der Waals surface area contributed by atoms with E-state index in [0.717, 1.165) is 6.07 Å².